The minimum Gasteiger partial charge on any atom is -0.381 e. The zero-order chi connectivity index (χ0) is 38.5. The molecule has 2 aliphatic carbocycles. The summed E-state index contributed by atoms with van der Waals surface area (Å²) in [6, 6.07) is 1.62. The molecule has 1 saturated carbocycles. The maximum atomic E-state index is 14.8. The number of anilines is 3. The minimum absolute atomic E-state index is 0.0571. The molecule has 4 aromatic rings. The molecule has 4 heterocycles. The van der Waals surface area contributed by atoms with Gasteiger partial charge in [0.1, 0.15) is 23.7 Å². The van der Waals surface area contributed by atoms with Gasteiger partial charge in [-0.3, -0.25) is 14.4 Å². The summed E-state index contributed by atoms with van der Waals surface area (Å²) in [4.78, 5) is 50.4. The number of alkyl halides is 3. The lowest BCUT2D eigenvalue weighted by molar-refractivity contribution is -0.140. The summed E-state index contributed by atoms with van der Waals surface area (Å²) in [5.41, 5.74) is -0.0676. The predicted octanol–water partition coefficient (Wildman–Crippen LogP) is 5.46. The Balaban J connectivity index is 1.24. The van der Waals surface area contributed by atoms with Gasteiger partial charge in [0.2, 0.25) is 11.7 Å². The van der Waals surface area contributed by atoms with Crippen molar-refractivity contribution in [1.82, 2.24) is 28.9 Å². The van der Waals surface area contributed by atoms with Crippen LogP contribution >= 0.6 is 0 Å². The fourth-order valence-electron chi connectivity index (χ4n) is 8.20. The minimum atomic E-state index is -4.89. The monoisotopic (exact) mass is 755 g/mol. The SMILES string of the molecule is CCc1c(N2CCN(c3c[nH]n(C4CCCC4)c3=O)[C@H](C)C2)c(=O)n2nc(C3=CCC(OC)CC3)nc2n1CC(=O)Nc1ccc(C(F)(F)F)c(F)c1C. The van der Waals surface area contributed by atoms with Gasteiger partial charge in [-0.05, 0) is 70.1 Å². The normalized spacial score (nSPS) is 19.9. The summed E-state index contributed by atoms with van der Waals surface area (Å²) >= 11 is 0. The number of halogens is 4. The summed E-state index contributed by atoms with van der Waals surface area (Å²) in [5.74, 6) is -1.65. The van der Waals surface area contributed by atoms with E-state index < -0.39 is 29.0 Å². The maximum Gasteiger partial charge on any atom is 0.419 e. The van der Waals surface area contributed by atoms with Crippen molar-refractivity contribution < 1.29 is 27.1 Å². The molecule has 17 heteroatoms. The van der Waals surface area contributed by atoms with Crippen LogP contribution in [0.5, 0.6) is 0 Å². The van der Waals surface area contributed by atoms with Crippen LogP contribution in [0, 0.1) is 12.7 Å². The number of hydrogen-bond donors (Lipinski definition) is 2. The smallest absolute Gasteiger partial charge is 0.381 e. The number of amides is 1. The number of ether oxygens (including phenoxy) is 1. The van der Waals surface area contributed by atoms with Gasteiger partial charge in [-0.25, -0.2) is 9.07 Å². The molecule has 290 valence electrons. The second-order valence-electron chi connectivity index (χ2n) is 14.5. The molecule has 1 amide bonds. The van der Waals surface area contributed by atoms with Crippen LogP contribution in [0.2, 0.25) is 0 Å². The van der Waals surface area contributed by atoms with Gasteiger partial charge in [0.15, 0.2) is 5.82 Å². The number of fused-ring (bicyclic) bond motifs is 1. The molecule has 0 spiro atoms. The maximum absolute atomic E-state index is 14.8. The van der Waals surface area contributed by atoms with Crippen LogP contribution in [0.1, 0.15) is 87.5 Å². The van der Waals surface area contributed by atoms with Crippen molar-refractivity contribution in [1.29, 1.82) is 0 Å². The lowest BCUT2D eigenvalue weighted by atomic mass is 9.97. The van der Waals surface area contributed by atoms with Gasteiger partial charge in [-0.2, -0.15) is 22.7 Å². The van der Waals surface area contributed by atoms with E-state index in [0.717, 1.165) is 43.7 Å². The molecule has 3 aromatic heterocycles. The van der Waals surface area contributed by atoms with Gasteiger partial charge in [-0.1, -0.05) is 25.8 Å². The second-order valence-corrected chi connectivity index (χ2v) is 14.5. The molecular weight excluding hydrogens is 710 g/mol. The zero-order valence-electron chi connectivity index (χ0n) is 30.8. The van der Waals surface area contributed by atoms with Gasteiger partial charge in [-0.15, -0.1) is 5.10 Å². The first-order valence-electron chi connectivity index (χ1n) is 18.5. The molecule has 1 saturated heterocycles. The molecule has 13 nitrogen and oxygen atoms in total. The van der Waals surface area contributed by atoms with Crippen molar-refractivity contribution >= 4 is 34.3 Å². The fourth-order valence-corrected chi connectivity index (χ4v) is 8.20. The van der Waals surface area contributed by atoms with E-state index >= 15 is 0 Å². The highest BCUT2D eigenvalue weighted by molar-refractivity contribution is 5.92. The van der Waals surface area contributed by atoms with E-state index in [4.69, 9.17) is 9.72 Å². The molecule has 1 aliphatic heterocycles. The Morgan fingerprint density at radius 3 is 2.52 bits per heavy atom. The number of nitrogens with one attached hydrogen (secondary N) is 2. The van der Waals surface area contributed by atoms with E-state index in [9.17, 15) is 31.9 Å². The Morgan fingerprint density at radius 1 is 1.11 bits per heavy atom. The van der Waals surface area contributed by atoms with Gasteiger partial charge in [0.05, 0.1) is 23.4 Å². The van der Waals surface area contributed by atoms with Crippen molar-refractivity contribution in [2.75, 3.05) is 41.9 Å². The van der Waals surface area contributed by atoms with Crippen molar-refractivity contribution in [3.05, 3.63) is 73.6 Å². The Bertz CT molecular complexity index is 2210. The molecule has 2 atom stereocenters. The van der Waals surface area contributed by atoms with Gasteiger partial charge < -0.3 is 29.5 Å². The average molecular weight is 756 g/mol. The highest BCUT2D eigenvalue weighted by Crippen LogP contribution is 2.35. The lowest BCUT2D eigenvalue weighted by Crippen LogP contribution is -2.55. The number of aromatic amines is 1. The molecule has 0 radical (unpaired) electrons. The van der Waals surface area contributed by atoms with Crippen molar-refractivity contribution in [2.24, 2.45) is 0 Å². The summed E-state index contributed by atoms with van der Waals surface area (Å²) < 4.78 is 64.8. The van der Waals surface area contributed by atoms with Gasteiger partial charge in [0.25, 0.3) is 11.1 Å². The van der Waals surface area contributed by atoms with E-state index in [2.05, 4.69) is 20.4 Å². The summed E-state index contributed by atoms with van der Waals surface area (Å²) in [5, 5.41) is 10.4. The quantitative estimate of drug-likeness (QED) is 0.215. The molecule has 0 bridgehead atoms. The number of hydrogen-bond acceptors (Lipinski definition) is 8. The Labute approximate surface area is 308 Å². The van der Waals surface area contributed by atoms with Crippen molar-refractivity contribution in [3.8, 4) is 0 Å². The first kappa shape index (κ1) is 37.4. The third-order valence-corrected chi connectivity index (χ3v) is 11.1. The third kappa shape index (κ3) is 6.82. The largest absolute Gasteiger partial charge is 0.419 e. The standard InChI is InChI=1S/C37H45F4N9O4/c1-5-28-32(46-16-17-47(21(2)19-46)29-18-42-49(34(29)52)24-8-6-7-9-24)35(53)50-36(44-33(45-50)23-10-12-25(54-4)13-11-23)48(28)20-30(51)43-27-15-14-26(37(39,40)41)31(38)22(27)3/h10,14-15,18,21,24-25,42H,5-9,11-13,16-17,19-20H2,1-4H3,(H,43,51)/t21-,25?/m1/s1. The third-order valence-electron chi connectivity index (χ3n) is 11.1. The lowest BCUT2D eigenvalue weighted by Gasteiger charge is -2.41. The summed E-state index contributed by atoms with van der Waals surface area (Å²) in [6.07, 6.45) is 5.36. The molecule has 1 unspecified atom stereocenters. The molecule has 54 heavy (non-hydrogen) atoms. The first-order valence-corrected chi connectivity index (χ1v) is 18.5. The van der Waals surface area contributed by atoms with Crippen molar-refractivity contribution in [2.45, 2.75) is 103 Å². The van der Waals surface area contributed by atoms with Crippen LogP contribution in [-0.4, -0.2) is 73.7 Å². The van der Waals surface area contributed by atoms with Crippen molar-refractivity contribution in [3.63, 3.8) is 0 Å². The molecule has 2 fully saturated rings. The van der Waals surface area contributed by atoms with E-state index in [-0.39, 0.29) is 47.3 Å². The molecular formula is C37H45F4N9O4. The highest BCUT2D eigenvalue weighted by atomic mass is 19.4. The number of carbonyl (C=O) groups excluding carboxylic acids is 1. The zero-order valence-corrected chi connectivity index (χ0v) is 30.8. The molecule has 2 N–H and O–H groups in total. The van der Waals surface area contributed by atoms with E-state index in [1.165, 1.54) is 11.4 Å². The highest BCUT2D eigenvalue weighted by Gasteiger charge is 2.36. The number of piperazine rings is 1. The summed E-state index contributed by atoms with van der Waals surface area (Å²) in [7, 11) is 1.66. The van der Waals surface area contributed by atoms with Gasteiger partial charge in [0, 0.05) is 50.2 Å². The number of carbonyl (C=O) groups is 1. The van der Waals surface area contributed by atoms with E-state index in [0.29, 0.717) is 67.9 Å². The van der Waals surface area contributed by atoms with Crippen LogP contribution < -0.4 is 26.2 Å². The Hall–Kier alpha value is -4.93. The van der Waals surface area contributed by atoms with Crippen LogP contribution in [0.4, 0.5) is 34.6 Å². The van der Waals surface area contributed by atoms with E-state index in [1.807, 2.05) is 24.8 Å². The van der Waals surface area contributed by atoms with Crippen LogP contribution in [0.25, 0.3) is 11.4 Å². The number of nitrogens with zero attached hydrogens (tertiary/aromatic N) is 7. The predicted molar refractivity (Wildman–Crippen MR) is 196 cm³/mol. The Morgan fingerprint density at radius 2 is 1.87 bits per heavy atom. The topological polar surface area (TPSA) is 135 Å². The molecule has 7 rings (SSSR count). The molecule has 3 aliphatic rings. The van der Waals surface area contributed by atoms with Crippen LogP contribution in [-0.2, 0) is 28.7 Å². The average Bonchev–Trinajstić information content (AvgIpc) is 3.92. The number of benzene rings is 1. The second kappa shape index (κ2) is 14.7. The summed E-state index contributed by atoms with van der Waals surface area (Å²) in [6.45, 7) is 5.88. The Kier molecular flexibility index (Phi) is 10.2. The first-order chi connectivity index (χ1) is 25.8. The molecule has 1 aromatic carbocycles. The van der Waals surface area contributed by atoms with Gasteiger partial charge >= 0.3 is 6.18 Å². The van der Waals surface area contributed by atoms with Crippen LogP contribution in [0.15, 0.2) is 34.0 Å². The number of H-pyrrole nitrogens is 1. The van der Waals surface area contributed by atoms with E-state index in [1.54, 1.807) is 22.6 Å². The number of allylic oxidation sites excluding steroid dienone is 1. The fraction of sp³-hybridized carbons (Fsp3) is 0.541. The number of rotatable bonds is 9. The van der Waals surface area contributed by atoms with Crippen LogP contribution in [0.3, 0.4) is 0 Å². The number of methoxy groups -OCH3 is 1. The number of aromatic nitrogens is 6.